The zero-order valence-electron chi connectivity index (χ0n) is 10.4. The number of hydrogen-bond acceptors (Lipinski definition) is 2. The van der Waals surface area contributed by atoms with Crippen molar-refractivity contribution in [1.82, 2.24) is 4.98 Å². The number of nitrogens with two attached hydrogens (primary N) is 1. The third-order valence-corrected chi connectivity index (χ3v) is 4.63. The molecule has 0 aliphatic carbocycles. The summed E-state index contributed by atoms with van der Waals surface area (Å²) in [6.45, 7) is 5.98. The topological polar surface area (TPSA) is 56.0 Å². The zero-order valence-corrected chi connectivity index (χ0v) is 12.8. The maximum atomic E-state index is 11.5. The summed E-state index contributed by atoms with van der Waals surface area (Å²) in [4.78, 5) is 4.46. The number of halogens is 1. The molecule has 0 aromatic carbocycles. The molecule has 0 saturated heterocycles. The predicted molar refractivity (Wildman–Crippen MR) is 76.0 cm³/mol. The molecule has 0 spiro atoms. The van der Waals surface area contributed by atoms with Crippen LogP contribution in [0.4, 0.5) is 0 Å². The maximum absolute atomic E-state index is 11.5. The normalized spacial score (nSPS) is 15.6. The summed E-state index contributed by atoms with van der Waals surface area (Å²) >= 11 is 3.37. The van der Waals surface area contributed by atoms with Crippen LogP contribution < -0.4 is 5.14 Å². The van der Waals surface area contributed by atoms with Gasteiger partial charge in [-0.1, -0.05) is 13.0 Å². The molecule has 0 fully saturated rings. The number of rotatable bonds is 5. The van der Waals surface area contributed by atoms with Crippen LogP contribution in [0.25, 0.3) is 0 Å². The standard InChI is InChI=1S/C12H19BrN2OS/c1-4-9(8-12(2,3)17(14)16)10-6-5-7-11(13)15-10/h5-7,9H,4,8,14H2,1-3H3/t9-,17?/m0/s1. The SMILES string of the molecule is CC[C@@H](CC(C)(C)S(N)=O)c1cccc(Br)n1. The van der Waals surface area contributed by atoms with Crippen LogP contribution in [0.15, 0.2) is 22.8 Å². The van der Waals surface area contributed by atoms with Gasteiger partial charge in [0, 0.05) is 11.6 Å². The second kappa shape index (κ2) is 6.07. The molecule has 2 N–H and O–H groups in total. The average molecular weight is 319 g/mol. The fourth-order valence-electron chi connectivity index (χ4n) is 1.78. The molecule has 3 nitrogen and oxygen atoms in total. The fourth-order valence-corrected chi connectivity index (χ4v) is 2.51. The van der Waals surface area contributed by atoms with Gasteiger partial charge >= 0.3 is 0 Å². The Morgan fingerprint density at radius 1 is 1.53 bits per heavy atom. The van der Waals surface area contributed by atoms with E-state index in [1.165, 1.54) is 0 Å². The van der Waals surface area contributed by atoms with Crippen molar-refractivity contribution < 1.29 is 4.21 Å². The lowest BCUT2D eigenvalue weighted by Gasteiger charge is -2.26. The summed E-state index contributed by atoms with van der Waals surface area (Å²) in [7, 11) is -1.32. The molecule has 17 heavy (non-hydrogen) atoms. The first-order valence-electron chi connectivity index (χ1n) is 5.65. The molecular weight excluding hydrogens is 300 g/mol. The van der Waals surface area contributed by atoms with Gasteiger partial charge in [-0.3, -0.25) is 5.14 Å². The molecule has 0 aliphatic heterocycles. The Hall–Kier alpha value is -0.260. The minimum absolute atomic E-state index is 0.287. The van der Waals surface area contributed by atoms with Crippen LogP contribution in [0.2, 0.25) is 0 Å². The summed E-state index contributed by atoms with van der Waals surface area (Å²) in [6, 6.07) is 5.89. The number of hydrogen-bond donors (Lipinski definition) is 1. The lowest BCUT2D eigenvalue weighted by Crippen LogP contribution is -2.33. The lowest BCUT2D eigenvalue weighted by atomic mass is 9.91. The van der Waals surface area contributed by atoms with Crippen molar-refractivity contribution in [2.24, 2.45) is 5.14 Å². The van der Waals surface area contributed by atoms with Crippen LogP contribution in [0, 0.1) is 0 Å². The Balaban J connectivity index is 2.90. The highest BCUT2D eigenvalue weighted by Gasteiger charge is 2.28. The van der Waals surface area contributed by atoms with E-state index in [2.05, 4.69) is 27.8 Å². The van der Waals surface area contributed by atoms with Crippen LogP contribution in [-0.2, 0) is 11.0 Å². The first-order valence-corrected chi connectivity index (χ1v) is 7.66. The first-order chi connectivity index (χ1) is 7.86. The third-order valence-electron chi connectivity index (χ3n) is 2.93. The van der Waals surface area contributed by atoms with Crippen LogP contribution in [-0.4, -0.2) is 13.9 Å². The van der Waals surface area contributed by atoms with Crippen molar-refractivity contribution in [3.63, 3.8) is 0 Å². The van der Waals surface area contributed by atoms with E-state index >= 15 is 0 Å². The average Bonchev–Trinajstić information content (AvgIpc) is 2.25. The molecule has 1 aromatic rings. The smallest absolute Gasteiger partial charge is 0.106 e. The number of nitrogens with zero attached hydrogens (tertiary/aromatic N) is 1. The third kappa shape index (κ3) is 4.16. The highest BCUT2D eigenvalue weighted by atomic mass is 79.9. The molecular formula is C12H19BrN2OS. The van der Waals surface area contributed by atoms with Crippen molar-refractivity contribution >= 4 is 26.9 Å². The monoisotopic (exact) mass is 318 g/mol. The van der Waals surface area contributed by atoms with Gasteiger partial charge in [0.15, 0.2) is 0 Å². The Kier molecular flexibility index (Phi) is 5.28. The van der Waals surface area contributed by atoms with E-state index in [1.54, 1.807) is 0 Å². The van der Waals surface area contributed by atoms with Gasteiger partial charge in [-0.05, 0) is 54.8 Å². The Labute approximate surface area is 114 Å². The fraction of sp³-hybridized carbons (Fsp3) is 0.583. The number of pyridine rings is 1. The first kappa shape index (κ1) is 14.8. The van der Waals surface area contributed by atoms with Gasteiger partial charge in [-0.15, -0.1) is 0 Å². The molecule has 1 rings (SSSR count). The van der Waals surface area contributed by atoms with Crippen molar-refractivity contribution in [3.8, 4) is 0 Å². The van der Waals surface area contributed by atoms with E-state index in [-0.39, 0.29) is 10.7 Å². The van der Waals surface area contributed by atoms with Crippen LogP contribution in [0.1, 0.15) is 45.2 Å². The van der Waals surface area contributed by atoms with Crippen LogP contribution in [0.5, 0.6) is 0 Å². The summed E-state index contributed by atoms with van der Waals surface area (Å²) in [6.07, 6.45) is 1.74. The van der Waals surface area contributed by atoms with Gasteiger partial charge in [0.2, 0.25) is 0 Å². The second-order valence-corrected chi connectivity index (χ2v) is 7.26. The summed E-state index contributed by atoms with van der Waals surface area (Å²) < 4.78 is 11.9. The van der Waals surface area contributed by atoms with E-state index in [0.29, 0.717) is 0 Å². The highest BCUT2D eigenvalue weighted by molar-refractivity contribution is 9.10. The minimum atomic E-state index is -1.32. The van der Waals surface area contributed by atoms with E-state index in [1.807, 2.05) is 32.0 Å². The van der Waals surface area contributed by atoms with Gasteiger partial charge in [0.05, 0.1) is 15.7 Å². The molecule has 0 amide bonds. The second-order valence-electron chi connectivity index (χ2n) is 4.75. The lowest BCUT2D eigenvalue weighted by molar-refractivity contribution is 0.499. The highest BCUT2D eigenvalue weighted by Crippen LogP contribution is 2.30. The molecule has 0 saturated carbocycles. The van der Waals surface area contributed by atoms with E-state index in [0.717, 1.165) is 23.1 Å². The van der Waals surface area contributed by atoms with Gasteiger partial charge in [0.1, 0.15) is 4.60 Å². The molecule has 1 unspecified atom stereocenters. The summed E-state index contributed by atoms with van der Waals surface area (Å²) in [5.41, 5.74) is 1.03. The predicted octanol–water partition coefficient (Wildman–Crippen LogP) is 3.13. The van der Waals surface area contributed by atoms with E-state index < -0.39 is 11.0 Å². The molecule has 2 atom stereocenters. The quantitative estimate of drug-likeness (QED) is 0.848. The maximum Gasteiger partial charge on any atom is 0.106 e. The largest absolute Gasteiger partial charge is 0.251 e. The van der Waals surface area contributed by atoms with Crippen molar-refractivity contribution in [2.45, 2.75) is 44.3 Å². The van der Waals surface area contributed by atoms with E-state index in [4.69, 9.17) is 5.14 Å². The molecule has 0 aliphatic rings. The van der Waals surface area contributed by atoms with Gasteiger partial charge in [-0.25, -0.2) is 9.19 Å². The van der Waals surface area contributed by atoms with Crippen LogP contribution in [0.3, 0.4) is 0 Å². The Bertz CT molecular complexity index is 409. The zero-order chi connectivity index (χ0) is 13.1. The van der Waals surface area contributed by atoms with Crippen molar-refractivity contribution in [3.05, 3.63) is 28.5 Å². The molecule has 96 valence electrons. The molecule has 1 aromatic heterocycles. The molecule has 0 radical (unpaired) electrons. The van der Waals surface area contributed by atoms with Gasteiger partial charge in [0.25, 0.3) is 0 Å². The summed E-state index contributed by atoms with van der Waals surface area (Å²) in [5.74, 6) is 0.287. The molecule has 1 heterocycles. The Morgan fingerprint density at radius 3 is 2.65 bits per heavy atom. The Morgan fingerprint density at radius 2 is 2.18 bits per heavy atom. The molecule has 5 heteroatoms. The summed E-state index contributed by atoms with van der Waals surface area (Å²) in [5, 5.41) is 5.52. The van der Waals surface area contributed by atoms with E-state index in [9.17, 15) is 4.21 Å². The van der Waals surface area contributed by atoms with Gasteiger partial charge in [-0.2, -0.15) is 0 Å². The van der Waals surface area contributed by atoms with Crippen LogP contribution >= 0.6 is 15.9 Å². The van der Waals surface area contributed by atoms with Crippen molar-refractivity contribution in [2.75, 3.05) is 0 Å². The minimum Gasteiger partial charge on any atom is -0.251 e. The number of aromatic nitrogens is 1. The van der Waals surface area contributed by atoms with Gasteiger partial charge < -0.3 is 0 Å². The van der Waals surface area contributed by atoms with Crippen molar-refractivity contribution in [1.29, 1.82) is 0 Å². The molecule has 0 bridgehead atoms.